The highest BCUT2D eigenvalue weighted by Crippen LogP contribution is 2.12. The first kappa shape index (κ1) is 24.2. The third-order valence-electron chi connectivity index (χ3n) is 4.02. The minimum atomic E-state index is -0.434. The number of rotatable bonds is 6. The average Bonchev–Trinajstić information content (AvgIpc) is 2.51. The number of hydrogen-bond donors (Lipinski definition) is 1. The van der Waals surface area contributed by atoms with Gasteiger partial charge in [-0.3, -0.25) is 9.89 Å². The fraction of sp³-hybridized carbons (Fsp3) is 0.882. The van der Waals surface area contributed by atoms with E-state index >= 15 is 0 Å². The summed E-state index contributed by atoms with van der Waals surface area (Å²) in [4.78, 5) is 22.7. The number of ether oxygens (including phenoxy) is 1. The van der Waals surface area contributed by atoms with Gasteiger partial charge in [0.1, 0.15) is 5.60 Å². The van der Waals surface area contributed by atoms with Crippen molar-refractivity contribution in [3.05, 3.63) is 0 Å². The fourth-order valence-corrected chi connectivity index (χ4v) is 2.62. The molecule has 0 radical (unpaired) electrons. The Bertz CT molecular complexity index is 414. The molecular formula is C17H36IN5O2. The lowest BCUT2D eigenvalue weighted by molar-refractivity contribution is 0.0145. The van der Waals surface area contributed by atoms with Gasteiger partial charge in [0.25, 0.3) is 0 Å². The Hall–Kier alpha value is -0.770. The summed E-state index contributed by atoms with van der Waals surface area (Å²) in [6.07, 6.45) is 0.771. The lowest BCUT2D eigenvalue weighted by Crippen LogP contribution is -2.50. The predicted octanol–water partition coefficient (Wildman–Crippen LogP) is 2.20. The Labute approximate surface area is 170 Å². The van der Waals surface area contributed by atoms with Crippen LogP contribution in [0, 0.1) is 0 Å². The number of carbonyl (C=O) groups is 1. The smallest absolute Gasteiger partial charge is 0.410 e. The number of nitrogens with zero attached hydrogens (tertiary/aromatic N) is 4. The zero-order valence-corrected chi connectivity index (χ0v) is 18.8. The molecular weight excluding hydrogens is 433 g/mol. The lowest BCUT2D eigenvalue weighted by Gasteiger charge is -2.35. The zero-order chi connectivity index (χ0) is 18.2. The van der Waals surface area contributed by atoms with Crippen molar-refractivity contribution in [2.75, 3.05) is 52.4 Å². The molecule has 0 unspecified atom stereocenters. The highest BCUT2D eigenvalue weighted by atomic mass is 127. The lowest BCUT2D eigenvalue weighted by atomic mass is 10.2. The molecule has 1 amide bonds. The van der Waals surface area contributed by atoms with Crippen LogP contribution in [0.15, 0.2) is 4.99 Å². The Morgan fingerprint density at radius 1 is 1.16 bits per heavy atom. The summed E-state index contributed by atoms with van der Waals surface area (Å²) in [7, 11) is 0. The van der Waals surface area contributed by atoms with Crippen molar-refractivity contribution in [1.29, 1.82) is 0 Å². The van der Waals surface area contributed by atoms with Crippen LogP contribution in [0.2, 0.25) is 0 Å². The second-order valence-corrected chi connectivity index (χ2v) is 7.07. The molecule has 7 nitrogen and oxygen atoms in total. The fourth-order valence-electron chi connectivity index (χ4n) is 2.62. The van der Waals surface area contributed by atoms with Crippen molar-refractivity contribution in [3.8, 4) is 0 Å². The van der Waals surface area contributed by atoms with Crippen molar-refractivity contribution < 1.29 is 9.53 Å². The van der Waals surface area contributed by atoms with Crippen molar-refractivity contribution in [2.24, 2.45) is 10.7 Å². The van der Waals surface area contributed by atoms with E-state index in [-0.39, 0.29) is 30.1 Å². The first-order valence-corrected chi connectivity index (χ1v) is 9.02. The van der Waals surface area contributed by atoms with Gasteiger partial charge in [-0.2, -0.15) is 0 Å². The van der Waals surface area contributed by atoms with Crippen molar-refractivity contribution in [2.45, 2.75) is 46.6 Å². The number of halogens is 1. The van der Waals surface area contributed by atoms with E-state index in [0.717, 1.165) is 58.8 Å². The SMILES string of the molecule is CCN(CC)C(N)=NCCCN1CCN(C(=O)OC(C)(C)C)CC1.I. The molecule has 1 heterocycles. The van der Waals surface area contributed by atoms with Gasteiger partial charge in [-0.15, -0.1) is 24.0 Å². The average molecular weight is 469 g/mol. The number of nitrogens with two attached hydrogens (primary N) is 1. The van der Waals surface area contributed by atoms with E-state index in [1.807, 2.05) is 20.8 Å². The van der Waals surface area contributed by atoms with Gasteiger partial charge in [-0.25, -0.2) is 4.79 Å². The van der Waals surface area contributed by atoms with Crippen LogP contribution >= 0.6 is 24.0 Å². The summed E-state index contributed by atoms with van der Waals surface area (Å²) in [6.45, 7) is 16.6. The maximum atomic E-state index is 12.0. The molecule has 0 aromatic carbocycles. The van der Waals surface area contributed by atoms with Crippen LogP contribution in [0.4, 0.5) is 4.79 Å². The molecule has 1 rings (SSSR count). The van der Waals surface area contributed by atoms with E-state index in [4.69, 9.17) is 10.5 Å². The maximum absolute atomic E-state index is 12.0. The van der Waals surface area contributed by atoms with E-state index in [2.05, 4.69) is 28.6 Å². The zero-order valence-electron chi connectivity index (χ0n) is 16.5. The van der Waals surface area contributed by atoms with Crippen molar-refractivity contribution >= 4 is 36.0 Å². The van der Waals surface area contributed by atoms with E-state index in [9.17, 15) is 4.79 Å². The molecule has 1 aliphatic rings. The first-order chi connectivity index (χ1) is 11.3. The largest absolute Gasteiger partial charge is 0.444 e. The van der Waals surface area contributed by atoms with E-state index in [1.54, 1.807) is 4.90 Å². The molecule has 1 fully saturated rings. The predicted molar refractivity (Wildman–Crippen MR) is 114 cm³/mol. The molecule has 148 valence electrons. The van der Waals surface area contributed by atoms with Gasteiger partial charge < -0.3 is 20.3 Å². The highest BCUT2D eigenvalue weighted by molar-refractivity contribution is 14.0. The topological polar surface area (TPSA) is 74.4 Å². The summed E-state index contributed by atoms with van der Waals surface area (Å²) >= 11 is 0. The molecule has 0 atom stereocenters. The Balaban J connectivity index is 0.00000576. The van der Waals surface area contributed by atoms with Crippen LogP contribution in [0.3, 0.4) is 0 Å². The minimum absolute atomic E-state index is 0. The third-order valence-corrected chi connectivity index (χ3v) is 4.02. The summed E-state index contributed by atoms with van der Waals surface area (Å²) in [6, 6.07) is 0. The molecule has 0 spiro atoms. The molecule has 25 heavy (non-hydrogen) atoms. The van der Waals surface area contributed by atoms with Crippen LogP contribution in [0.5, 0.6) is 0 Å². The number of aliphatic imine (C=N–C) groups is 1. The standard InChI is InChI=1S/C17H35N5O2.HI/c1-6-21(7-2)15(18)19-9-8-10-20-11-13-22(14-12-20)16(23)24-17(3,4)5;/h6-14H2,1-5H3,(H2,18,19);1H. The van der Waals surface area contributed by atoms with Crippen molar-refractivity contribution in [1.82, 2.24) is 14.7 Å². The Morgan fingerprint density at radius 3 is 2.20 bits per heavy atom. The molecule has 1 aliphatic heterocycles. The van der Waals surface area contributed by atoms with E-state index in [1.165, 1.54) is 0 Å². The number of piperazine rings is 1. The summed E-state index contributed by atoms with van der Waals surface area (Å²) < 4.78 is 5.41. The first-order valence-electron chi connectivity index (χ1n) is 9.02. The summed E-state index contributed by atoms with van der Waals surface area (Å²) in [5.41, 5.74) is 5.53. The molecule has 2 N–H and O–H groups in total. The van der Waals surface area contributed by atoms with E-state index < -0.39 is 5.60 Å². The second kappa shape index (κ2) is 11.8. The van der Waals surface area contributed by atoms with E-state index in [0.29, 0.717) is 5.96 Å². The molecule has 1 saturated heterocycles. The Kier molecular flexibility index (Phi) is 11.4. The molecule has 0 aromatic heterocycles. The van der Waals surface area contributed by atoms with Crippen LogP contribution in [-0.2, 0) is 4.74 Å². The number of carbonyl (C=O) groups excluding carboxylic acids is 1. The second-order valence-electron chi connectivity index (χ2n) is 7.07. The number of guanidine groups is 1. The number of amides is 1. The van der Waals surface area contributed by atoms with Gasteiger partial charge in [-0.05, 0) is 41.0 Å². The summed E-state index contributed by atoms with van der Waals surface area (Å²) in [5.74, 6) is 0.634. The quantitative estimate of drug-likeness (QED) is 0.280. The van der Waals surface area contributed by atoms with Gasteiger partial charge in [0.15, 0.2) is 5.96 Å². The number of hydrogen-bond acceptors (Lipinski definition) is 4. The van der Waals surface area contributed by atoms with Crippen LogP contribution in [-0.4, -0.2) is 84.7 Å². The maximum Gasteiger partial charge on any atom is 0.410 e. The van der Waals surface area contributed by atoms with Gasteiger partial charge in [-0.1, -0.05) is 0 Å². The molecule has 8 heteroatoms. The van der Waals surface area contributed by atoms with Crippen molar-refractivity contribution in [3.63, 3.8) is 0 Å². The monoisotopic (exact) mass is 469 g/mol. The van der Waals surface area contributed by atoms with Gasteiger partial charge in [0.2, 0.25) is 0 Å². The third kappa shape index (κ3) is 9.48. The Morgan fingerprint density at radius 2 is 1.72 bits per heavy atom. The molecule has 0 aliphatic carbocycles. The van der Waals surface area contributed by atoms with Gasteiger partial charge in [0, 0.05) is 52.4 Å². The highest BCUT2D eigenvalue weighted by Gasteiger charge is 2.25. The molecule has 0 saturated carbocycles. The molecule has 0 bridgehead atoms. The van der Waals surface area contributed by atoms with Crippen LogP contribution < -0.4 is 5.73 Å². The van der Waals surface area contributed by atoms with Crippen LogP contribution in [0.1, 0.15) is 41.0 Å². The minimum Gasteiger partial charge on any atom is -0.444 e. The summed E-state index contributed by atoms with van der Waals surface area (Å²) in [5, 5.41) is 0. The molecule has 0 aromatic rings. The van der Waals surface area contributed by atoms with Gasteiger partial charge in [0.05, 0.1) is 0 Å². The normalized spacial score (nSPS) is 16.4. The van der Waals surface area contributed by atoms with Crippen LogP contribution in [0.25, 0.3) is 0 Å². The van der Waals surface area contributed by atoms with Gasteiger partial charge >= 0.3 is 6.09 Å².